The summed E-state index contributed by atoms with van der Waals surface area (Å²) in [5.41, 5.74) is 0. The molecule has 0 aromatic rings. The Labute approximate surface area is 47.5 Å². The molecule has 0 spiro atoms. The Kier molecular flexibility index (Phi) is 1.52. The van der Waals surface area contributed by atoms with Crippen molar-refractivity contribution in [1.29, 1.82) is 0 Å². The highest BCUT2D eigenvalue weighted by Crippen LogP contribution is 2.05. The van der Waals surface area contributed by atoms with Gasteiger partial charge in [-0.15, -0.1) is 11.6 Å². The Morgan fingerprint density at radius 1 is 1.57 bits per heavy atom. The first-order valence-electron chi connectivity index (χ1n) is 2.33. The molecule has 1 saturated heterocycles. The largest absolute Gasteiger partial charge is 0.390 e. The fourth-order valence-corrected chi connectivity index (χ4v) is 0.831. The first kappa shape index (κ1) is 5.35. The number of hydrogen-bond acceptors (Lipinski definition) is 2. The Morgan fingerprint density at radius 2 is 2.29 bits per heavy atom. The molecule has 2 atom stereocenters. The van der Waals surface area contributed by atoms with Crippen molar-refractivity contribution < 1.29 is 5.11 Å². The van der Waals surface area contributed by atoms with Gasteiger partial charge in [-0.3, -0.25) is 0 Å². The minimum atomic E-state index is -0.332. The van der Waals surface area contributed by atoms with Crippen molar-refractivity contribution in [3.8, 4) is 0 Å². The van der Waals surface area contributed by atoms with E-state index in [1.54, 1.807) is 0 Å². The molecule has 3 heteroatoms. The van der Waals surface area contributed by atoms with Crippen LogP contribution in [0.5, 0.6) is 0 Å². The van der Waals surface area contributed by atoms with E-state index in [1.165, 1.54) is 0 Å². The average molecular weight is 122 g/mol. The van der Waals surface area contributed by atoms with Crippen molar-refractivity contribution in [1.82, 2.24) is 5.32 Å². The van der Waals surface area contributed by atoms with E-state index < -0.39 is 0 Å². The summed E-state index contributed by atoms with van der Waals surface area (Å²) < 4.78 is 0. The van der Waals surface area contributed by atoms with Crippen LogP contribution in [-0.2, 0) is 0 Å². The van der Waals surface area contributed by atoms with E-state index in [0.29, 0.717) is 6.54 Å². The lowest BCUT2D eigenvalue weighted by atomic mass is 10.3. The van der Waals surface area contributed by atoms with Gasteiger partial charge in [0.2, 0.25) is 0 Å². The number of nitrogens with one attached hydrogen (secondary N) is 1. The van der Waals surface area contributed by atoms with Gasteiger partial charge in [0.1, 0.15) is 0 Å². The number of β-amino-alcohol motifs (C(OH)–C–C–N with tert-alkyl or cyclic N) is 1. The summed E-state index contributed by atoms with van der Waals surface area (Å²) in [4.78, 5) is 0. The summed E-state index contributed by atoms with van der Waals surface area (Å²) in [5, 5.41) is 11.7. The first-order valence-corrected chi connectivity index (χ1v) is 2.77. The SMILES string of the molecule is OC1CNCC1Cl. The van der Waals surface area contributed by atoms with Crippen LogP contribution in [0.1, 0.15) is 0 Å². The molecule has 1 aliphatic rings. The van der Waals surface area contributed by atoms with Gasteiger partial charge >= 0.3 is 0 Å². The minimum Gasteiger partial charge on any atom is -0.390 e. The molecule has 2 unspecified atom stereocenters. The van der Waals surface area contributed by atoms with Crippen LogP contribution in [0.25, 0.3) is 0 Å². The van der Waals surface area contributed by atoms with Gasteiger partial charge in [0, 0.05) is 13.1 Å². The van der Waals surface area contributed by atoms with Gasteiger partial charge in [-0.2, -0.15) is 0 Å². The second-order valence-electron chi connectivity index (χ2n) is 1.74. The van der Waals surface area contributed by atoms with Crippen molar-refractivity contribution >= 4 is 11.6 Å². The van der Waals surface area contributed by atoms with E-state index in [4.69, 9.17) is 16.7 Å². The zero-order valence-electron chi connectivity index (χ0n) is 3.89. The molecule has 1 aliphatic heterocycles. The summed E-state index contributed by atoms with van der Waals surface area (Å²) in [6.07, 6.45) is -0.332. The van der Waals surface area contributed by atoms with Crippen LogP contribution >= 0.6 is 11.6 Å². The molecule has 0 aliphatic carbocycles. The number of aliphatic hydroxyl groups is 1. The topological polar surface area (TPSA) is 32.3 Å². The van der Waals surface area contributed by atoms with E-state index in [0.717, 1.165) is 6.54 Å². The maximum absolute atomic E-state index is 8.80. The van der Waals surface area contributed by atoms with E-state index in [2.05, 4.69) is 5.32 Å². The molecule has 7 heavy (non-hydrogen) atoms. The average Bonchev–Trinajstić information content (AvgIpc) is 1.91. The van der Waals surface area contributed by atoms with Crippen LogP contribution in [0.2, 0.25) is 0 Å². The molecular weight excluding hydrogens is 114 g/mol. The molecule has 0 bridgehead atoms. The molecule has 1 heterocycles. The predicted molar refractivity (Wildman–Crippen MR) is 28.5 cm³/mol. The maximum Gasteiger partial charge on any atom is 0.0840 e. The molecule has 42 valence electrons. The van der Waals surface area contributed by atoms with E-state index in [9.17, 15) is 0 Å². The maximum atomic E-state index is 8.80. The Hall–Kier alpha value is 0.210. The van der Waals surface area contributed by atoms with Crippen molar-refractivity contribution in [2.45, 2.75) is 11.5 Å². The zero-order chi connectivity index (χ0) is 5.28. The molecule has 1 fully saturated rings. The second-order valence-corrected chi connectivity index (χ2v) is 2.30. The molecule has 0 radical (unpaired) electrons. The third-order valence-corrected chi connectivity index (χ3v) is 1.56. The Bertz CT molecular complexity index is 60.7. The van der Waals surface area contributed by atoms with Crippen molar-refractivity contribution in [2.24, 2.45) is 0 Å². The van der Waals surface area contributed by atoms with Crippen LogP contribution in [0.4, 0.5) is 0 Å². The van der Waals surface area contributed by atoms with E-state index >= 15 is 0 Å². The van der Waals surface area contributed by atoms with Crippen LogP contribution in [-0.4, -0.2) is 29.7 Å². The van der Waals surface area contributed by atoms with Crippen LogP contribution in [0.3, 0.4) is 0 Å². The molecule has 0 amide bonds. The summed E-state index contributed by atoms with van der Waals surface area (Å²) in [6, 6.07) is 0. The molecule has 1 rings (SSSR count). The standard InChI is InChI=1S/C4H8ClNO/c5-3-1-6-2-4(3)7/h3-4,6-7H,1-2H2. The quantitative estimate of drug-likeness (QED) is 0.426. The smallest absolute Gasteiger partial charge is 0.0840 e. The molecule has 0 aromatic heterocycles. The first-order chi connectivity index (χ1) is 3.30. The highest BCUT2D eigenvalue weighted by atomic mass is 35.5. The lowest BCUT2D eigenvalue weighted by Gasteiger charge is -2.00. The van der Waals surface area contributed by atoms with Gasteiger partial charge in [-0.05, 0) is 0 Å². The van der Waals surface area contributed by atoms with Crippen molar-refractivity contribution in [3.05, 3.63) is 0 Å². The highest BCUT2D eigenvalue weighted by Gasteiger charge is 2.21. The van der Waals surface area contributed by atoms with Gasteiger partial charge in [-0.1, -0.05) is 0 Å². The molecule has 0 aromatic carbocycles. The normalized spacial score (nSPS) is 42.0. The zero-order valence-corrected chi connectivity index (χ0v) is 4.65. The molecular formula is C4H8ClNO. The van der Waals surface area contributed by atoms with Crippen LogP contribution in [0.15, 0.2) is 0 Å². The molecule has 2 nitrogen and oxygen atoms in total. The number of rotatable bonds is 0. The third kappa shape index (κ3) is 1.06. The lowest BCUT2D eigenvalue weighted by molar-refractivity contribution is 0.199. The van der Waals surface area contributed by atoms with Gasteiger partial charge in [0.25, 0.3) is 0 Å². The summed E-state index contributed by atoms with van der Waals surface area (Å²) in [7, 11) is 0. The number of alkyl halides is 1. The van der Waals surface area contributed by atoms with Crippen molar-refractivity contribution in [3.63, 3.8) is 0 Å². The second kappa shape index (κ2) is 1.99. The van der Waals surface area contributed by atoms with Gasteiger partial charge < -0.3 is 10.4 Å². The minimum absolute atomic E-state index is 0.0694. The molecule has 2 N–H and O–H groups in total. The summed E-state index contributed by atoms with van der Waals surface area (Å²) in [6.45, 7) is 1.39. The van der Waals surface area contributed by atoms with Crippen LogP contribution in [0, 0.1) is 0 Å². The van der Waals surface area contributed by atoms with E-state index in [1.807, 2.05) is 0 Å². The summed E-state index contributed by atoms with van der Waals surface area (Å²) in [5.74, 6) is 0. The van der Waals surface area contributed by atoms with E-state index in [-0.39, 0.29) is 11.5 Å². The van der Waals surface area contributed by atoms with Gasteiger partial charge in [0.15, 0.2) is 0 Å². The Morgan fingerprint density at radius 3 is 2.43 bits per heavy atom. The fraction of sp³-hybridized carbons (Fsp3) is 1.00. The number of halogens is 1. The van der Waals surface area contributed by atoms with Gasteiger partial charge in [0.05, 0.1) is 11.5 Å². The third-order valence-electron chi connectivity index (χ3n) is 1.11. The number of hydrogen-bond donors (Lipinski definition) is 2. The van der Waals surface area contributed by atoms with Gasteiger partial charge in [-0.25, -0.2) is 0 Å². The molecule has 0 saturated carbocycles. The lowest BCUT2D eigenvalue weighted by Crippen LogP contribution is -2.17. The Balaban J connectivity index is 2.33. The predicted octanol–water partition coefficient (Wildman–Crippen LogP) is -0.442. The van der Waals surface area contributed by atoms with Crippen molar-refractivity contribution in [2.75, 3.05) is 13.1 Å². The number of aliphatic hydroxyl groups excluding tert-OH is 1. The monoisotopic (exact) mass is 121 g/mol. The fourth-order valence-electron chi connectivity index (χ4n) is 0.633. The summed E-state index contributed by atoms with van der Waals surface area (Å²) >= 11 is 5.55. The highest BCUT2D eigenvalue weighted by molar-refractivity contribution is 6.21. The van der Waals surface area contributed by atoms with Crippen LogP contribution < -0.4 is 5.32 Å².